The first-order valence-corrected chi connectivity index (χ1v) is 12.4. The Kier molecular flexibility index (Phi) is 9.50. The summed E-state index contributed by atoms with van der Waals surface area (Å²) in [5.41, 5.74) is 0.991. The molecule has 5 N–H and O–H groups in total. The molecule has 8 nitrogen and oxygen atoms in total. The molecule has 186 valence electrons. The van der Waals surface area contributed by atoms with E-state index >= 15 is 0 Å². The van der Waals surface area contributed by atoms with Crippen LogP contribution < -0.4 is 10.6 Å². The number of carbonyl (C=O) groups excluding carboxylic acids is 2. The van der Waals surface area contributed by atoms with Gasteiger partial charge < -0.3 is 31.2 Å². The fourth-order valence-corrected chi connectivity index (χ4v) is 4.80. The van der Waals surface area contributed by atoms with Gasteiger partial charge in [-0.1, -0.05) is 43.0 Å². The lowest BCUT2D eigenvalue weighted by Gasteiger charge is -2.29. The van der Waals surface area contributed by atoms with Gasteiger partial charge in [0.05, 0.1) is 17.8 Å². The minimum Gasteiger partial charge on any atom is -0.388 e. The van der Waals surface area contributed by atoms with E-state index in [0.29, 0.717) is 24.0 Å². The van der Waals surface area contributed by atoms with Crippen LogP contribution in [0.25, 0.3) is 0 Å². The van der Waals surface area contributed by atoms with Crippen molar-refractivity contribution >= 4 is 29.1 Å². The number of likely N-dealkylation sites (tertiary alicyclic amines) is 1. The van der Waals surface area contributed by atoms with Gasteiger partial charge in [0.25, 0.3) is 11.8 Å². The first-order chi connectivity index (χ1) is 16.3. The molecule has 1 saturated heterocycles. The summed E-state index contributed by atoms with van der Waals surface area (Å²) in [6.45, 7) is 2.03. The van der Waals surface area contributed by atoms with Crippen LogP contribution in [0.1, 0.15) is 63.5 Å². The molecule has 2 fully saturated rings. The molecule has 4 atom stereocenters. The molecule has 1 unspecified atom stereocenters. The fourth-order valence-electron chi connectivity index (χ4n) is 4.60. The van der Waals surface area contributed by atoms with Gasteiger partial charge in [-0.15, -0.1) is 0 Å². The number of carbonyl (C=O) groups is 2. The van der Waals surface area contributed by atoms with Crippen molar-refractivity contribution in [3.05, 3.63) is 47.1 Å². The average molecular weight is 491 g/mol. The highest BCUT2D eigenvalue weighted by molar-refractivity contribution is 6.30. The second-order valence-electron chi connectivity index (χ2n) is 9.15. The first-order valence-electron chi connectivity index (χ1n) is 12.0. The smallest absolute Gasteiger partial charge is 0.255 e. The summed E-state index contributed by atoms with van der Waals surface area (Å²) in [5, 5.41) is 35.3. The van der Waals surface area contributed by atoms with Crippen molar-refractivity contribution in [2.75, 3.05) is 6.54 Å². The second-order valence-corrected chi connectivity index (χ2v) is 9.59. The molecule has 1 aromatic rings. The van der Waals surface area contributed by atoms with E-state index in [1.54, 1.807) is 37.4 Å². The van der Waals surface area contributed by atoms with Crippen LogP contribution in [0.15, 0.2) is 36.5 Å². The van der Waals surface area contributed by atoms with E-state index in [9.17, 15) is 19.8 Å². The van der Waals surface area contributed by atoms with Gasteiger partial charge in [-0.2, -0.15) is 0 Å². The number of halogens is 1. The van der Waals surface area contributed by atoms with Crippen LogP contribution >= 0.6 is 11.6 Å². The molecule has 3 rings (SSSR count). The van der Waals surface area contributed by atoms with Crippen molar-refractivity contribution in [2.24, 2.45) is 0 Å². The zero-order valence-corrected chi connectivity index (χ0v) is 20.3. The van der Waals surface area contributed by atoms with Gasteiger partial charge in [0.15, 0.2) is 12.2 Å². The molecule has 1 aliphatic carbocycles. The summed E-state index contributed by atoms with van der Waals surface area (Å²) >= 11 is 6.08. The molecule has 2 amide bonds. The summed E-state index contributed by atoms with van der Waals surface area (Å²) in [5.74, 6) is -1.60. The molecule has 1 heterocycles. The summed E-state index contributed by atoms with van der Waals surface area (Å²) in [6, 6.07) is 6.62. The predicted molar refractivity (Wildman–Crippen MR) is 132 cm³/mol. The highest BCUT2D eigenvalue weighted by Gasteiger charge is 2.38. The Morgan fingerprint density at radius 3 is 2.59 bits per heavy atom. The van der Waals surface area contributed by atoms with E-state index in [1.807, 2.05) is 6.07 Å². The number of amides is 2. The zero-order chi connectivity index (χ0) is 24.7. The third-order valence-corrected chi connectivity index (χ3v) is 6.85. The molecule has 1 aliphatic heterocycles. The number of hydrogen-bond donors (Lipinski definition) is 5. The van der Waals surface area contributed by atoms with Gasteiger partial charge in [-0.25, -0.2) is 0 Å². The summed E-state index contributed by atoms with van der Waals surface area (Å²) in [6.07, 6.45) is 6.79. The quantitative estimate of drug-likeness (QED) is 0.340. The topological polar surface area (TPSA) is 126 Å². The Balaban J connectivity index is 1.52. The zero-order valence-electron chi connectivity index (χ0n) is 19.5. The Morgan fingerprint density at radius 1 is 1.15 bits per heavy atom. The Hall–Kier alpha value is -2.42. The SMILES string of the molecule is C[C@@H](NC(=O)[C@H](O)[C@@H](O)C(=O)N1CCCC1c1cccc(Cl)c1)C(=N)/C=C\NC1CCCCC1. The van der Waals surface area contributed by atoms with E-state index < -0.39 is 30.1 Å². The minimum absolute atomic E-state index is 0.144. The number of nitrogens with zero attached hydrogens (tertiary/aromatic N) is 1. The first kappa shape index (κ1) is 26.2. The van der Waals surface area contributed by atoms with Gasteiger partial charge in [0, 0.05) is 17.6 Å². The number of aliphatic hydroxyl groups is 2. The Morgan fingerprint density at radius 2 is 1.88 bits per heavy atom. The molecule has 9 heteroatoms. The van der Waals surface area contributed by atoms with Crippen LogP contribution in [0, 0.1) is 5.41 Å². The molecular formula is C25H35ClN4O4. The molecule has 34 heavy (non-hydrogen) atoms. The monoisotopic (exact) mass is 490 g/mol. The molecular weight excluding hydrogens is 456 g/mol. The Labute approximate surface area is 205 Å². The van der Waals surface area contributed by atoms with Gasteiger partial charge in [-0.3, -0.25) is 9.59 Å². The van der Waals surface area contributed by atoms with E-state index in [-0.39, 0.29) is 11.8 Å². The van der Waals surface area contributed by atoms with E-state index in [2.05, 4.69) is 10.6 Å². The van der Waals surface area contributed by atoms with Crippen molar-refractivity contribution in [2.45, 2.75) is 82.2 Å². The third-order valence-electron chi connectivity index (χ3n) is 6.62. The van der Waals surface area contributed by atoms with Crippen LogP contribution in [0.3, 0.4) is 0 Å². The second kappa shape index (κ2) is 12.3. The molecule has 0 bridgehead atoms. The van der Waals surface area contributed by atoms with Crippen LogP contribution in [-0.4, -0.2) is 63.5 Å². The molecule has 2 aliphatic rings. The molecule has 0 aromatic heterocycles. The largest absolute Gasteiger partial charge is 0.388 e. The van der Waals surface area contributed by atoms with Crippen molar-refractivity contribution in [3.8, 4) is 0 Å². The fraction of sp³-hybridized carbons (Fsp3) is 0.560. The van der Waals surface area contributed by atoms with Gasteiger partial charge in [-0.05, 0) is 62.6 Å². The lowest BCUT2D eigenvalue weighted by Crippen LogP contribution is -2.52. The van der Waals surface area contributed by atoms with Crippen molar-refractivity contribution in [1.29, 1.82) is 5.41 Å². The third kappa shape index (κ3) is 6.81. The molecule has 0 radical (unpaired) electrons. The number of benzene rings is 1. The van der Waals surface area contributed by atoms with Gasteiger partial charge in [0.1, 0.15) is 0 Å². The highest BCUT2D eigenvalue weighted by atomic mass is 35.5. The lowest BCUT2D eigenvalue weighted by atomic mass is 9.96. The van der Waals surface area contributed by atoms with Crippen LogP contribution in [0.5, 0.6) is 0 Å². The molecule has 1 saturated carbocycles. The number of nitrogens with one attached hydrogen (secondary N) is 3. The highest BCUT2D eigenvalue weighted by Crippen LogP contribution is 2.33. The van der Waals surface area contributed by atoms with E-state index in [0.717, 1.165) is 24.8 Å². The van der Waals surface area contributed by atoms with Crippen molar-refractivity contribution in [1.82, 2.24) is 15.5 Å². The number of aliphatic hydroxyl groups excluding tert-OH is 2. The maximum Gasteiger partial charge on any atom is 0.255 e. The van der Waals surface area contributed by atoms with E-state index in [1.165, 1.54) is 24.2 Å². The Bertz CT molecular complexity index is 903. The lowest BCUT2D eigenvalue weighted by molar-refractivity contribution is -0.153. The maximum atomic E-state index is 12.9. The maximum absolute atomic E-state index is 12.9. The average Bonchev–Trinajstić information content (AvgIpc) is 3.33. The standard InChI is InChI=1S/C25H35ClN4O4/c1-16(20(27)12-13-28-19-9-3-2-4-10-19)29-24(33)22(31)23(32)25(34)30-14-6-11-21(30)17-7-5-8-18(26)15-17/h5,7-8,12-13,15-16,19,21-23,27-28,31-32H,2-4,6,9-11,14H2,1H3,(H,29,33)/b13-12-,27-20?/t16-,21?,22-,23-/m1/s1. The van der Waals surface area contributed by atoms with Gasteiger partial charge >= 0.3 is 0 Å². The molecule has 0 spiro atoms. The molecule has 1 aromatic carbocycles. The predicted octanol–water partition coefficient (Wildman–Crippen LogP) is 2.69. The van der Waals surface area contributed by atoms with Crippen LogP contribution in [-0.2, 0) is 9.59 Å². The normalized spacial score (nSPS) is 21.8. The van der Waals surface area contributed by atoms with Gasteiger partial charge in [0.2, 0.25) is 0 Å². The van der Waals surface area contributed by atoms with Crippen molar-refractivity contribution in [3.63, 3.8) is 0 Å². The summed E-state index contributed by atoms with van der Waals surface area (Å²) < 4.78 is 0. The summed E-state index contributed by atoms with van der Waals surface area (Å²) in [4.78, 5) is 26.9. The van der Waals surface area contributed by atoms with Crippen LogP contribution in [0.2, 0.25) is 5.02 Å². The van der Waals surface area contributed by atoms with Crippen molar-refractivity contribution < 1.29 is 19.8 Å². The number of hydrogen-bond acceptors (Lipinski definition) is 6. The van der Waals surface area contributed by atoms with E-state index in [4.69, 9.17) is 17.0 Å². The number of rotatable bonds is 9. The minimum atomic E-state index is -1.94. The summed E-state index contributed by atoms with van der Waals surface area (Å²) in [7, 11) is 0. The van der Waals surface area contributed by atoms with Crippen LogP contribution in [0.4, 0.5) is 0 Å².